The number of amides is 2. The Balaban J connectivity index is 1.95. The van der Waals surface area contributed by atoms with Gasteiger partial charge in [-0.3, -0.25) is 9.59 Å². The summed E-state index contributed by atoms with van der Waals surface area (Å²) in [4.78, 5) is 28.8. The van der Waals surface area contributed by atoms with Crippen LogP contribution in [0.3, 0.4) is 0 Å². The Morgan fingerprint density at radius 2 is 2.14 bits per heavy atom. The monoisotopic (exact) mass is 324 g/mol. The molecule has 0 radical (unpaired) electrons. The number of carbonyl (C=O) groups is 2. The summed E-state index contributed by atoms with van der Waals surface area (Å²) in [6.07, 6.45) is 3.92. The Hall–Kier alpha value is -1.47. The van der Waals surface area contributed by atoms with Crippen molar-refractivity contribution in [2.75, 3.05) is 18.4 Å². The number of piperidine rings is 1. The van der Waals surface area contributed by atoms with E-state index < -0.39 is 6.04 Å². The van der Waals surface area contributed by atoms with E-state index >= 15 is 0 Å². The summed E-state index contributed by atoms with van der Waals surface area (Å²) < 4.78 is 0. The lowest BCUT2D eigenvalue weighted by molar-refractivity contribution is -0.130. The number of rotatable bonds is 6. The van der Waals surface area contributed by atoms with Crippen molar-refractivity contribution in [3.8, 4) is 0 Å². The second-order valence-corrected chi connectivity index (χ2v) is 6.94. The summed E-state index contributed by atoms with van der Waals surface area (Å²) >= 11 is 1.37. The highest BCUT2D eigenvalue weighted by Crippen LogP contribution is 2.15. The fourth-order valence-corrected chi connectivity index (χ4v) is 3.09. The molecule has 1 unspecified atom stereocenters. The molecule has 22 heavy (non-hydrogen) atoms. The van der Waals surface area contributed by atoms with Gasteiger partial charge in [-0.25, -0.2) is 4.98 Å². The third-order valence-corrected chi connectivity index (χ3v) is 4.40. The summed E-state index contributed by atoms with van der Waals surface area (Å²) in [5.74, 6) is 0.122. The van der Waals surface area contributed by atoms with Crippen molar-refractivity contribution in [3.63, 3.8) is 0 Å². The zero-order valence-electron chi connectivity index (χ0n) is 13.1. The van der Waals surface area contributed by atoms with Crippen LogP contribution in [0, 0.1) is 11.8 Å². The summed E-state index contributed by atoms with van der Waals surface area (Å²) in [6.45, 7) is 5.80. The van der Waals surface area contributed by atoms with Crippen LogP contribution in [0.4, 0.5) is 5.13 Å². The lowest BCUT2D eigenvalue weighted by Gasteiger charge is -2.25. The van der Waals surface area contributed by atoms with Gasteiger partial charge in [0.1, 0.15) is 6.04 Å². The van der Waals surface area contributed by atoms with E-state index in [0.717, 1.165) is 25.9 Å². The number of hydrogen-bond acceptors (Lipinski definition) is 5. The number of nitrogens with zero attached hydrogens (tertiary/aromatic N) is 1. The third kappa shape index (κ3) is 5.06. The van der Waals surface area contributed by atoms with E-state index in [1.807, 2.05) is 13.8 Å². The van der Waals surface area contributed by atoms with Gasteiger partial charge in [0.15, 0.2) is 5.13 Å². The molecule has 6 nitrogen and oxygen atoms in total. The minimum Gasteiger partial charge on any atom is -0.344 e. The SMILES string of the molecule is CC(C)CC(NC(=O)C1CCNCC1)C(=O)Nc1nccs1. The van der Waals surface area contributed by atoms with Crippen LogP contribution in [-0.4, -0.2) is 35.9 Å². The second kappa shape index (κ2) is 8.24. The maximum atomic E-state index is 12.4. The Morgan fingerprint density at radius 3 is 2.73 bits per heavy atom. The molecule has 1 aliphatic rings. The lowest BCUT2D eigenvalue weighted by Crippen LogP contribution is -2.48. The van der Waals surface area contributed by atoms with Crippen molar-refractivity contribution in [2.24, 2.45) is 11.8 Å². The number of aromatic nitrogens is 1. The van der Waals surface area contributed by atoms with Gasteiger partial charge in [-0.15, -0.1) is 11.3 Å². The standard InChI is InChI=1S/C15H24N4O2S/c1-10(2)9-12(14(21)19-15-17-7-8-22-15)18-13(20)11-3-5-16-6-4-11/h7-8,10-12,16H,3-6,9H2,1-2H3,(H,18,20)(H,17,19,21). The lowest BCUT2D eigenvalue weighted by atomic mass is 9.96. The number of thiazole rings is 1. The van der Waals surface area contributed by atoms with E-state index in [1.165, 1.54) is 11.3 Å². The van der Waals surface area contributed by atoms with Gasteiger partial charge in [-0.2, -0.15) is 0 Å². The van der Waals surface area contributed by atoms with Crippen LogP contribution in [0.25, 0.3) is 0 Å². The molecular formula is C15H24N4O2S. The van der Waals surface area contributed by atoms with Crippen molar-refractivity contribution in [2.45, 2.75) is 39.2 Å². The largest absolute Gasteiger partial charge is 0.344 e. The molecule has 1 aromatic rings. The van der Waals surface area contributed by atoms with Crippen LogP contribution >= 0.6 is 11.3 Å². The predicted molar refractivity (Wildman–Crippen MR) is 87.7 cm³/mol. The van der Waals surface area contributed by atoms with Gasteiger partial charge in [-0.05, 0) is 38.3 Å². The van der Waals surface area contributed by atoms with E-state index in [1.54, 1.807) is 11.6 Å². The van der Waals surface area contributed by atoms with Crippen molar-refractivity contribution in [1.82, 2.24) is 15.6 Å². The van der Waals surface area contributed by atoms with Crippen molar-refractivity contribution < 1.29 is 9.59 Å². The number of nitrogens with one attached hydrogen (secondary N) is 3. The Labute approximate surface area is 135 Å². The summed E-state index contributed by atoms with van der Waals surface area (Å²) in [7, 11) is 0. The first-order chi connectivity index (χ1) is 10.6. The molecule has 0 aliphatic carbocycles. The molecule has 1 aliphatic heterocycles. The number of carbonyl (C=O) groups excluding carboxylic acids is 2. The molecule has 2 rings (SSSR count). The molecule has 1 fully saturated rings. The van der Waals surface area contributed by atoms with Gasteiger partial charge < -0.3 is 16.0 Å². The maximum absolute atomic E-state index is 12.4. The number of anilines is 1. The van der Waals surface area contributed by atoms with Crippen LogP contribution in [0.5, 0.6) is 0 Å². The van der Waals surface area contributed by atoms with Crippen molar-refractivity contribution >= 4 is 28.3 Å². The number of hydrogen-bond donors (Lipinski definition) is 3. The van der Waals surface area contributed by atoms with Crippen LogP contribution in [0.1, 0.15) is 33.1 Å². The van der Waals surface area contributed by atoms with E-state index in [0.29, 0.717) is 17.5 Å². The minimum atomic E-state index is -0.508. The molecular weight excluding hydrogens is 300 g/mol. The van der Waals surface area contributed by atoms with Gasteiger partial charge in [-0.1, -0.05) is 13.8 Å². The van der Waals surface area contributed by atoms with E-state index in [9.17, 15) is 9.59 Å². The summed E-state index contributed by atoms with van der Waals surface area (Å²) in [6, 6.07) is -0.508. The van der Waals surface area contributed by atoms with Gasteiger partial charge in [0.05, 0.1) is 0 Å². The first kappa shape index (κ1) is 16.9. The average molecular weight is 324 g/mol. The fourth-order valence-electron chi connectivity index (χ4n) is 2.55. The van der Waals surface area contributed by atoms with Crippen LogP contribution < -0.4 is 16.0 Å². The maximum Gasteiger partial charge on any atom is 0.248 e. The molecule has 2 amide bonds. The molecule has 7 heteroatoms. The smallest absolute Gasteiger partial charge is 0.248 e. The van der Waals surface area contributed by atoms with Gasteiger partial charge in [0, 0.05) is 17.5 Å². The second-order valence-electron chi connectivity index (χ2n) is 6.04. The molecule has 122 valence electrons. The molecule has 0 aromatic carbocycles. The topological polar surface area (TPSA) is 83.1 Å². The summed E-state index contributed by atoms with van der Waals surface area (Å²) in [5, 5.41) is 11.3. The molecule has 1 aromatic heterocycles. The Bertz CT molecular complexity index is 484. The molecule has 1 saturated heterocycles. The first-order valence-corrected chi connectivity index (χ1v) is 8.65. The predicted octanol–water partition coefficient (Wildman–Crippen LogP) is 1.61. The van der Waals surface area contributed by atoms with E-state index in [-0.39, 0.29) is 17.7 Å². The minimum absolute atomic E-state index is 0.00331. The van der Waals surface area contributed by atoms with Crippen LogP contribution in [0.15, 0.2) is 11.6 Å². The van der Waals surface area contributed by atoms with Crippen molar-refractivity contribution in [1.29, 1.82) is 0 Å². The molecule has 1 atom stereocenters. The highest BCUT2D eigenvalue weighted by molar-refractivity contribution is 7.13. The fraction of sp³-hybridized carbons (Fsp3) is 0.667. The Kier molecular flexibility index (Phi) is 6.33. The van der Waals surface area contributed by atoms with Gasteiger partial charge >= 0.3 is 0 Å². The third-order valence-electron chi connectivity index (χ3n) is 3.71. The zero-order chi connectivity index (χ0) is 15.9. The van der Waals surface area contributed by atoms with E-state index in [4.69, 9.17) is 0 Å². The van der Waals surface area contributed by atoms with Crippen LogP contribution in [-0.2, 0) is 9.59 Å². The highest BCUT2D eigenvalue weighted by atomic mass is 32.1. The van der Waals surface area contributed by atoms with Crippen LogP contribution in [0.2, 0.25) is 0 Å². The molecule has 2 heterocycles. The molecule has 0 bridgehead atoms. The van der Waals surface area contributed by atoms with Gasteiger partial charge in [0.2, 0.25) is 11.8 Å². The molecule has 0 spiro atoms. The highest BCUT2D eigenvalue weighted by Gasteiger charge is 2.27. The normalized spacial score (nSPS) is 17.2. The zero-order valence-corrected chi connectivity index (χ0v) is 13.9. The first-order valence-electron chi connectivity index (χ1n) is 7.77. The summed E-state index contributed by atoms with van der Waals surface area (Å²) in [5.41, 5.74) is 0. The van der Waals surface area contributed by atoms with E-state index in [2.05, 4.69) is 20.9 Å². The Morgan fingerprint density at radius 1 is 1.41 bits per heavy atom. The quantitative estimate of drug-likeness (QED) is 0.742. The average Bonchev–Trinajstić information content (AvgIpc) is 2.99. The van der Waals surface area contributed by atoms with Gasteiger partial charge in [0.25, 0.3) is 0 Å². The molecule has 3 N–H and O–H groups in total. The van der Waals surface area contributed by atoms with Crippen molar-refractivity contribution in [3.05, 3.63) is 11.6 Å². The molecule has 0 saturated carbocycles.